The van der Waals surface area contributed by atoms with E-state index >= 15 is 0 Å². The first-order chi connectivity index (χ1) is 6.15. The van der Waals surface area contributed by atoms with E-state index in [0.29, 0.717) is 12.4 Å². The van der Waals surface area contributed by atoms with Crippen LogP contribution in [0.4, 0.5) is 11.4 Å². The van der Waals surface area contributed by atoms with Crippen LogP contribution in [0.25, 0.3) is 0 Å². The molecule has 1 rings (SSSR count). The van der Waals surface area contributed by atoms with Crippen molar-refractivity contribution in [2.24, 2.45) is 0 Å². The second-order valence-corrected chi connectivity index (χ2v) is 2.41. The summed E-state index contributed by atoms with van der Waals surface area (Å²) in [6.45, 7) is 2.31. The van der Waals surface area contributed by atoms with E-state index in [1.165, 1.54) is 18.2 Å². The van der Waals surface area contributed by atoms with Crippen LogP contribution in [0.5, 0.6) is 5.75 Å². The number of nitrogens with zero attached hydrogens (tertiary/aromatic N) is 1. The largest absolute Gasteiger partial charge is 0.492 e. The molecule has 0 saturated heterocycles. The normalized spacial score (nSPS) is 8.93. The van der Waals surface area contributed by atoms with Crippen molar-refractivity contribution in [3.63, 3.8) is 0 Å². The highest BCUT2D eigenvalue weighted by Crippen LogP contribution is 2.25. The third kappa shape index (κ3) is 2.77. The van der Waals surface area contributed by atoms with Gasteiger partial charge in [-0.25, -0.2) is 0 Å². The Balaban J connectivity index is 0.00000169. The summed E-state index contributed by atoms with van der Waals surface area (Å²) < 4.78 is 5.12. The first-order valence-electron chi connectivity index (χ1n) is 3.82. The first kappa shape index (κ1) is 12.5. The van der Waals surface area contributed by atoms with Gasteiger partial charge in [0.2, 0.25) is 0 Å². The van der Waals surface area contributed by atoms with Gasteiger partial charge in [0.1, 0.15) is 5.75 Å². The van der Waals surface area contributed by atoms with Crippen molar-refractivity contribution in [3.05, 3.63) is 28.3 Å². The Kier molecular flexibility index (Phi) is 4.72. The molecule has 0 atom stereocenters. The molecule has 0 amide bonds. The minimum atomic E-state index is -0.494. The lowest BCUT2D eigenvalue weighted by atomic mass is 10.2. The summed E-state index contributed by atoms with van der Waals surface area (Å²) in [4.78, 5) is 9.84. The number of halogens is 1. The van der Waals surface area contributed by atoms with E-state index in [9.17, 15) is 10.1 Å². The van der Waals surface area contributed by atoms with Crippen LogP contribution in [0.2, 0.25) is 0 Å². The van der Waals surface area contributed by atoms with Crippen LogP contribution in [-0.2, 0) is 0 Å². The summed E-state index contributed by atoms with van der Waals surface area (Å²) in [5.74, 6) is 0.480. The highest BCUT2D eigenvalue weighted by Gasteiger charge is 2.08. The second kappa shape index (κ2) is 5.29. The Hall–Kier alpha value is -1.49. The zero-order valence-electron chi connectivity index (χ0n) is 7.60. The molecule has 0 heterocycles. The summed E-state index contributed by atoms with van der Waals surface area (Å²) in [5.41, 5.74) is 5.78. The van der Waals surface area contributed by atoms with Crippen LogP contribution in [0, 0.1) is 10.1 Å². The SMILES string of the molecule is CCOc1ccc([N+](=O)[O-])cc1N.Cl. The molecule has 6 heteroatoms. The molecular weight excluding hydrogens is 208 g/mol. The number of rotatable bonds is 3. The van der Waals surface area contributed by atoms with Crippen molar-refractivity contribution in [2.45, 2.75) is 6.92 Å². The van der Waals surface area contributed by atoms with Crippen LogP contribution >= 0.6 is 12.4 Å². The predicted octanol–water partition coefficient (Wildman–Crippen LogP) is 2.00. The van der Waals surface area contributed by atoms with Crippen molar-refractivity contribution in [1.29, 1.82) is 0 Å². The maximum atomic E-state index is 10.3. The highest BCUT2D eigenvalue weighted by molar-refractivity contribution is 5.85. The molecule has 0 radical (unpaired) electrons. The monoisotopic (exact) mass is 218 g/mol. The fraction of sp³-hybridized carbons (Fsp3) is 0.250. The Morgan fingerprint density at radius 1 is 1.57 bits per heavy atom. The number of nitrogen functional groups attached to an aromatic ring is 1. The van der Waals surface area contributed by atoms with Gasteiger partial charge in [-0.1, -0.05) is 0 Å². The third-order valence-corrected chi connectivity index (χ3v) is 1.50. The molecule has 5 nitrogen and oxygen atoms in total. The van der Waals surface area contributed by atoms with Crippen LogP contribution in [0.1, 0.15) is 6.92 Å². The van der Waals surface area contributed by atoms with Crippen molar-refractivity contribution in [1.82, 2.24) is 0 Å². The number of non-ortho nitro benzene ring substituents is 1. The van der Waals surface area contributed by atoms with E-state index in [1.807, 2.05) is 6.92 Å². The number of nitrogens with two attached hydrogens (primary N) is 1. The Morgan fingerprint density at radius 3 is 2.64 bits per heavy atom. The Morgan fingerprint density at radius 2 is 2.21 bits per heavy atom. The van der Waals surface area contributed by atoms with E-state index in [0.717, 1.165) is 0 Å². The topological polar surface area (TPSA) is 78.4 Å². The summed E-state index contributed by atoms with van der Waals surface area (Å²) in [6.07, 6.45) is 0. The molecule has 0 aliphatic rings. The molecule has 78 valence electrons. The molecule has 0 saturated carbocycles. The molecule has 2 N–H and O–H groups in total. The number of nitro benzene ring substituents is 1. The Bertz CT molecular complexity index is 330. The molecule has 0 bridgehead atoms. The first-order valence-corrected chi connectivity index (χ1v) is 3.82. The quantitative estimate of drug-likeness (QED) is 0.478. The number of nitro groups is 1. The predicted molar refractivity (Wildman–Crippen MR) is 55.9 cm³/mol. The average Bonchev–Trinajstić information content (AvgIpc) is 2.08. The zero-order valence-corrected chi connectivity index (χ0v) is 8.41. The van der Waals surface area contributed by atoms with E-state index in [-0.39, 0.29) is 23.8 Å². The van der Waals surface area contributed by atoms with Gasteiger partial charge in [0.15, 0.2) is 0 Å². The van der Waals surface area contributed by atoms with Gasteiger partial charge in [0.25, 0.3) is 5.69 Å². The fourth-order valence-corrected chi connectivity index (χ4v) is 0.936. The molecule has 0 unspecified atom stereocenters. The lowest BCUT2D eigenvalue weighted by Gasteiger charge is -2.05. The van der Waals surface area contributed by atoms with Crippen LogP contribution in [-0.4, -0.2) is 11.5 Å². The van der Waals surface area contributed by atoms with Crippen molar-refractivity contribution in [2.75, 3.05) is 12.3 Å². The van der Waals surface area contributed by atoms with Gasteiger partial charge >= 0.3 is 0 Å². The molecule has 0 fully saturated rings. The number of anilines is 1. The minimum Gasteiger partial charge on any atom is -0.492 e. The molecular formula is C8H11ClN2O3. The van der Waals surface area contributed by atoms with E-state index in [4.69, 9.17) is 10.5 Å². The van der Waals surface area contributed by atoms with Gasteiger partial charge in [-0.05, 0) is 13.0 Å². The van der Waals surface area contributed by atoms with Gasteiger partial charge in [0, 0.05) is 12.1 Å². The van der Waals surface area contributed by atoms with Crippen molar-refractivity contribution in [3.8, 4) is 5.75 Å². The summed E-state index contributed by atoms with van der Waals surface area (Å²) in [5, 5.41) is 10.3. The van der Waals surface area contributed by atoms with E-state index < -0.39 is 4.92 Å². The lowest BCUT2D eigenvalue weighted by Crippen LogP contribution is -1.97. The smallest absolute Gasteiger partial charge is 0.271 e. The zero-order chi connectivity index (χ0) is 9.84. The summed E-state index contributed by atoms with van der Waals surface area (Å²) in [7, 11) is 0. The van der Waals surface area contributed by atoms with E-state index in [2.05, 4.69) is 0 Å². The molecule has 0 aliphatic heterocycles. The number of hydrogen-bond acceptors (Lipinski definition) is 4. The van der Waals surface area contributed by atoms with Crippen molar-refractivity contribution >= 4 is 23.8 Å². The second-order valence-electron chi connectivity index (χ2n) is 2.41. The molecule has 14 heavy (non-hydrogen) atoms. The molecule has 1 aromatic carbocycles. The van der Waals surface area contributed by atoms with Crippen molar-refractivity contribution < 1.29 is 9.66 Å². The minimum absolute atomic E-state index is 0. The molecule has 0 spiro atoms. The Labute approximate surface area is 87.4 Å². The van der Waals surface area contributed by atoms with Crippen LogP contribution in [0.15, 0.2) is 18.2 Å². The molecule has 1 aromatic rings. The van der Waals surface area contributed by atoms with Gasteiger partial charge < -0.3 is 10.5 Å². The lowest BCUT2D eigenvalue weighted by molar-refractivity contribution is -0.384. The van der Waals surface area contributed by atoms with Gasteiger partial charge in [-0.2, -0.15) is 0 Å². The van der Waals surface area contributed by atoms with Gasteiger partial charge in [-0.15, -0.1) is 12.4 Å². The average molecular weight is 219 g/mol. The molecule has 0 aromatic heterocycles. The molecule has 0 aliphatic carbocycles. The maximum absolute atomic E-state index is 10.3. The fourth-order valence-electron chi connectivity index (χ4n) is 0.936. The van der Waals surface area contributed by atoms with Crippen LogP contribution < -0.4 is 10.5 Å². The van der Waals surface area contributed by atoms with Gasteiger partial charge in [-0.3, -0.25) is 10.1 Å². The number of hydrogen-bond donors (Lipinski definition) is 1. The maximum Gasteiger partial charge on any atom is 0.271 e. The summed E-state index contributed by atoms with van der Waals surface area (Å²) in [6, 6.07) is 4.14. The van der Waals surface area contributed by atoms with E-state index in [1.54, 1.807) is 0 Å². The number of benzene rings is 1. The summed E-state index contributed by atoms with van der Waals surface area (Å²) >= 11 is 0. The third-order valence-electron chi connectivity index (χ3n) is 1.50. The number of ether oxygens (including phenoxy) is 1. The van der Waals surface area contributed by atoms with Crippen LogP contribution in [0.3, 0.4) is 0 Å². The highest BCUT2D eigenvalue weighted by atomic mass is 35.5. The van der Waals surface area contributed by atoms with Gasteiger partial charge in [0.05, 0.1) is 17.2 Å². The standard InChI is InChI=1S/C8H10N2O3.ClH/c1-2-13-8-4-3-6(10(11)12)5-7(8)9;/h3-5H,2,9H2,1H3;1H.